The zero-order valence-electron chi connectivity index (χ0n) is 19.3. The Kier molecular flexibility index (Phi) is 7.71. The maximum absolute atomic E-state index is 12.8. The third-order valence-electron chi connectivity index (χ3n) is 5.98. The lowest BCUT2D eigenvalue weighted by atomic mass is 9.86. The fourth-order valence-corrected chi connectivity index (χ4v) is 4.56. The van der Waals surface area contributed by atoms with Crippen molar-refractivity contribution in [1.82, 2.24) is 14.9 Å². The number of nitriles is 1. The summed E-state index contributed by atoms with van der Waals surface area (Å²) < 4.78 is 5.32. The van der Waals surface area contributed by atoms with Crippen molar-refractivity contribution in [3.8, 4) is 11.9 Å². The molecule has 0 spiro atoms. The highest BCUT2D eigenvalue weighted by Crippen LogP contribution is 2.33. The lowest BCUT2D eigenvalue weighted by Crippen LogP contribution is -2.29. The first-order chi connectivity index (χ1) is 16.9. The predicted octanol–water partition coefficient (Wildman–Crippen LogP) is 5.47. The van der Waals surface area contributed by atoms with E-state index in [-0.39, 0.29) is 17.4 Å². The summed E-state index contributed by atoms with van der Waals surface area (Å²) in [7, 11) is 3.53. The van der Waals surface area contributed by atoms with Crippen molar-refractivity contribution in [2.75, 3.05) is 37.9 Å². The molecule has 8 nitrogen and oxygen atoms in total. The smallest absolute Gasteiger partial charge is 0.262 e. The van der Waals surface area contributed by atoms with Gasteiger partial charge in [0.1, 0.15) is 5.56 Å². The number of carbonyl (C=O) groups is 1. The van der Waals surface area contributed by atoms with E-state index in [1.54, 1.807) is 24.3 Å². The summed E-state index contributed by atoms with van der Waals surface area (Å²) in [4.78, 5) is 23.7. The van der Waals surface area contributed by atoms with Crippen molar-refractivity contribution in [1.29, 1.82) is 5.26 Å². The molecule has 1 fully saturated rings. The fraction of sp³-hybridized carbons (Fsp3) is 0.280. The average molecular weight is 511 g/mol. The number of amides is 1. The maximum atomic E-state index is 12.8. The second-order valence-electron chi connectivity index (χ2n) is 8.28. The minimum atomic E-state index is -0.516. The minimum absolute atomic E-state index is 0.0756. The number of hydrogen-bond donors (Lipinski definition) is 2. The SMILES string of the molecule is COc1nc(Nc2ccc(C3CCN(C)CC3)c(C#N)c2)ncc1C(=O)Nc1c(Cl)cccc1Cl. The number of para-hydroxylation sites is 1. The molecule has 1 aliphatic rings. The zero-order valence-corrected chi connectivity index (χ0v) is 20.8. The van der Waals surface area contributed by atoms with Gasteiger partial charge in [-0.2, -0.15) is 10.2 Å². The van der Waals surface area contributed by atoms with Crippen LogP contribution in [0.2, 0.25) is 10.0 Å². The van der Waals surface area contributed by atoms with E-state index in [1.165, 1.54) is 13.3 Å². The van der Waals surface area contributed by atoms with E-state index in [9.17, 15) is 10.1 Å². The standard InChI is InChI=1S/C25H24Cl2N6O2/c1-33-10-8-15(9-11-33)18-7-6-17(12-16(18)13-28)30-25-29-14-19(24(32-25)35-2)23(34)31-22-20(26)4-3-5-21(22)27/h3-7,12,14-15H,8-11H2,1-2H3,(H,31,34)(H,29,30,32). The number of halogens is 2. The lowest BCUT2D eigenvalue weighted by molar-refractivity contribution is 0.102. The molecule has 180 valence electrons. The number of benzene rings is 2. The summed E-state index contributed by atoms with van der Waals surface area (Å²) in [5, 5.41) is 16.1. The molecule has 0 bridgehead atoms. The molecule has 10 heteroatoms. The Morgan fingerprint density at radius 2 is 1.91 bits per heavy atom. The van der Waals surface area contributed by atoms with Crippen LogP contribution >= 0.6 is 23.2 Å². The fourth-order valence-electron chi connectivity index (χ4n) is 4.07. The first-order valence-electron chi connectivity index (χ1n) is 11.1. The molecule has 0 aliphatic carbocycles. The molecule has 0 unspecified atom stereocenters. The molecular formula is C25H24Cl2N6O2. The van der Waals surface area contributed by atoms with Crippen molar-refractivity contribution in [2.45, 2.75) is 18.8 Å². The summed E-state index contributed by atoms with van der Waals surface area (Å²) in [5.74, 6) is 0.157. The second kappa shape index (κ2) is 10.9. The van der Waals surface area contributed by atoms with Crippen LogP contribution in [-0.2, 0) is 0 Å². The molecule has 1 amide bonds. The van der Waals surface area contributed by atoms with E-state index < -0.39 is 5.91 Å². The Morgan fingerprint density at radius 1 is 1.20 bits per heavy atom. The Balaban J connectivity index is 1.52. The van der Waals surface area contributed by atoms with Crippen molar-refractivity contribution in [3.05, 3.63) is 69.3 Å². The molecule has 1 aliphatic heterocycles. The van der Waals surface area contributed by atoms with Gasteiger partial charge in [0.05, 0.1) is 34.5 Å². The van der Waals surface area contributed by atoms with E-state index in [0.29, 0.717) is 32.9 Å². The van der Waals surface area contributed by atoms with E-state index in [4.69, 9.17) is 27.9 Å². The highest BCUT2D eigenvalue weighted by Gasteiger charge is 2.22. The highest BCUT2D eigenvalue weighted by molar-refractivity contribution is 6.40. The third-order valence-corrected chi connectivity index (χ3v) is 6.61. The second-order valence-corrected chi connectivity index (χ2v) is 9.10. The summed E-state index contributed by atoms with van der Waals surface area (Å²) in [6.45, 7) is 2.04. The van der Waals surface area contributed by atoms with Gasteiger partial charge >= 0.3 is 0 Å². The normalized spacial score (nSPS) is 14.3. The van der Waals surface area contributed by atoms with Gasteiger partial charge in [-0.15, -0.1) is 0 Å². The number of rotatable bonds is 6. The van der Waals surface area contributed by atoms with Crippen molar-refractivity contribution >= 4 is 46.4 Å². The number of hydrogen-bond acceptors (Lipinski definition) is 7. The first kappa shape index (κ1) is 24.7. The summed E-state index contributed by atoms with van der Waals surface area (Å²) in [5.41, 5.74) is 2.77. The van der Waals surface area contributed by atoms with Crippen LogP contribution in [0.5, 0.6) is 5.88 Å². The first-order valence-corrected chi connectivity index (χ1v) is 11.8. The molecule has 0 atom stereocenters. The number of nitrogens with one attached hydrogen (secondary N) is 2. The van der Waals surface area contributed by atoms with Crippen LogP contribution < -0.4 is 15.4 Å². The lowest BCUT2D eigenvalue weighted by Gasteiger charge is -2.29. The van der Waals surface area contributed by atoms with Crippen LogP contribution in [0.1, 0.15) is 40.2 Å². The summed E-state index contributed by atoms with van der Waals surface area (Å²) in [6, 6.07) is 12.9. The van der Waals surface area contributed by atoms with Gasteiger partial charge in [0, 0.05) is 11.9 Å². The molecule has 3 aromatic rings. The maximum Gasteiger partial charge on any atom is 0.262 e. The van der Waals surface area contributed by atoms with E-state index in [1.807, 2.05) is 12.1 Å². The molecule has 4 rings (SSSR count). The Morgan fingerprint density at radius 3 is 2.57 bits per heavy atom. The van der Waals surface area contributed by atoms with E-state index in [0.717, 1.165) is 31.5 Å². The molecular weight excluding hydrogens is 487 g/mol. The van der Waals surface area contributed by atoms with E-state index in [2.05, 4.69) is 38.6 Å². The Hall–Kier alpha value is -3.38. The molecule has 2 heterocycles. The van der Waals surface area contributed by atoms with Gasteiger partial charge in [0.25, 0.3) is 5.91 Å². The van der Waals surface area contributed by atoms with Crippen molar-refractivity contribution in [3.63, 3.8) is 0 Å². The van der Waals surface area contributed by atoms with Gasteiger partial charge in [-0.3, -0.25) is 4.79 Å². The predicted molar refractivity (Wildman–Crippen MR) is 137 cm³/mol. The van der Waals surface area contributed by atoms with Gasteiger partial charge < -0.3 is 20.3 Å². The number of aromatic nitrogens is 2. The number of ether oxygens (including phenoxy) is 1. The zero-order chi connectivity index (χ0) is 24.9. The van der Waals surface area contributed by atoms with Crippen molar-refractivity contribution in [2.24, 2.45) is 0 Å². The monoisotopic (exact) mass is 510 g/mol. The number of anilines is 3. The molecule has 0 saturated carbocycles. The Bertz CT molecular complexity index is 1270. The molecule has 0 radical (unpaired) electrons. The quantitative estimate of drug-likeness (QED) is 0.453. The minimum Gasteiger partial charge on any atom is -0.480 e. The number of nitrogens with zero attached hydrogens (tertiary/aromatic N) is 4. The average Bonchev–Trinajstić information content (AvgIpc) is 2.86. The molecule has 1 aromatic heterocycles. The van der Waals surface area contributed by atoms with Crippen LogP contribution in [-0.4, -0.2) is 48.0 Å². The van der Waals surface area contributed by atoms with Crippen molar-refractivity contribution < 1.29 is 9.53 Å². The summed E-state index contributed by atoms with van der Waals surface area (Å²) in [6.07, 6.45) is 3.41. The molecule has 35 heavy (non-hydrogen) atoms. The van der Waals surface area contributed by atoms with Crippen LogP contribution in [0.4, 0.5) is 17.3 Å². The number of piperidine rings is 1. The number of likely N-dealkylation sites (tertiary alicyclic amines) is 1. The molecule has 2 N–H and O–H groups in total. The van der Waals surface area contributed by atoms with E-state index >= 15 is 0 Å². The molecule has 2 aromatic carbocycles. The van der Waals surface area contributed by atoms with Gasteiger partial charge in [0.15, 0.2) is 0 Å². The van der Waals surface area contributed by atoms with Gasteiger partial charge in [0.2, 0.25) is 11.8 Å². The van der Waals surface area contributed by atoms with Crippen LogP contribution in [0.3, 0.4) is 0 Å². The van der Waals surface area contributed by atoms with Gasteiger partial charge in [-0.05, 0) is 68.7 Å². The third kappa shape index (κ3) is 5.65. The van der Waals surface area contributed by atoms with Crippen LogP contribution in [0.25, 0.3) is 0 Å². The molecule has 1 saturated heterocycles. The highest BCUT2D eigenvalue weighted by atomic mass is 35.5. The number of carbonyl (C=O) groups excluding carboxylic acids is 1. The van der Waals surface area contributed by atoms with Crippen LogP contribution in [0, 0.1) is 11.3 Å². The largest absolute Gasteiger partial charge is 0.480 e. The van der Waals surface area contributed by atoms with Gasteiger partial charge in [-0.25, -0.2) is 4.98 Å². The summed E-state index contributed by atoms with van der Waals surface area (Å²) >= 11 is 12.3. The number of methoxy groups -OCH3 is 1. The Labute approximate surface area is 213 Å². The van der Waals surface area contributed by atoms with Gasteiger partial charge in [-0.1, -0.05) is 35.3 Å². The van der Waals surface area contributed by atoms with Crippen LogP contribution in [0.15, 0.2) is 42.6 Å². The topological polar surface area (TPSA) is 103 Å².